The quantitative estimate of drug-likeness (QED) is 0.0305. The summed E-state index contributed by atoms with van der Waals surface area (Å²) in [7, 11) is 0. The van der Waals surface area contributed by atoms with Crippen molar-refractivity contribution >= 4 is 54.1 Å². The Hall–Kier alpha value is -4.58. The first-order chi connectivity index (χ1) is 20.4. The molecular formula is C25H39N9O8S. The second kappa shape index (κ2) is 19.5. The number of guanidine groups is 1. The lowest BCUT2D eigenvalue weighted by atomic mass is 10.0. The van der Waals surface area contributed by atoms with Gasteiger partial charge in [0.25, 0.3) is 0 Å². The molecule has 0 spiro atoms. The van der Waals surface area contributed by atoms with Crippen molar-refractivity contribution in [1.29, 1.82) is 0 Å². The Morgan fingerprint density at radius 1 is 0.860 bits per heavy atom. The van der Waals surface area contributed by atoms with Crippen LogP contribution in [-0.4, -0.2) is 102 Å². The summed E-state index contributed by atoms with van der Waals surface area (Å²) < 4.78 is 0. The van der Waals surface area contributed by atoms with Gasteiger partial charge >= 0.3 is 5.97 Å². The molecule has 0 bridgehead atoms. The van der Waals surface area contributed by atoms with Crippen molar-refractivity contribution in [3.05, 3.63) is 29.8 Å². The molecule has 18 heteroatoms. The van der Waals surface area contributed by atoms with E-state index in [1.165, 1.54) is 12.1 Å². The van der Waals surface area contributed by atoms with Gasteiger partial charge in [-0.3, -0.25) is 33.8 Å². The minimum atomic E-state index is -1.60. The Kier molecular flexibility index (Phi) is 16.5. The van der Waals surface area contributed by atoms with Gasteiger partial charge in [-0.2, -0.15) is 12.6 Å². The van der Waals surface area contributed by atoms with Crippen molar-refractivity contribution in [2.24, 2.45) is 22.2 Å². The first-order valence-corrected chi connectivity index (χ1v) is 13.8. The fourth-order valence-electron chi connectivity index (χ4n) is 3.60. The third-order valence-electron chi connectivity index (χ3n) is 5.66. The average molecular weight is 626 g/mol. The van der Waals surface area contributed by atoms with Gasteiger partial charge in [-0.1, -0.05) is 12.1 Å². The van der Waals surface area contributed by atoms with Crippen molar-refractivity contribution < 1.29 is 39.0 Å². The first-order valence-electron chi connectivity index (χ1n) is 13.2. The minimum Gasteiger partial charge on any atom is -0.508 e. The molecule has 43 heavy (non-hydrogen) atoms. The van der Waals surface area contributed by atoms with E-state index in [1.807, 2.05) is 0 Å². The van der Waals surface area contributed by atoms with Gasteiger partial charge in [0.05, 0.1) is 19.5 Å². The number of carbonyl (C=O) groups is 6. The Morgan fingerprint density at radius 2 is 1.49 bits per heavy atom. The number of nitrogens with two attached hydrogens (primary N) is 3. The standard InChI is InChI=1S/C25H39N9O8S/c26-12-19(36)32-16(2-1-7-30-25(27)28)22(40)31-13-20(37)33-18(11-21(38)39)24(42)34-17(23(41)29-8-9-43)10-14-3-5-15(35)6-4-14/h3-6,16-18,35,43H,1-2,7-13,26H2,(H,29,41)(H,31,40)(H,32,36)(H,33,37)(H,34,42)(H,38,39)(H4,27,28,30)/t16-,17-,18-/m0/s1. The summed E-state index contributed by atoms with van der Waals surface area (Å²) in [5.41, 5.74) is 16.4. The van der Waals surface area contributed by atoms with E-state index in [9.17, 15) is 39.0 Å². The molecule has 1 aromatic carbocycles. The van der Waals surface area contributed by atoms with Crippen LogP contribution in [0.1, 0.15) is 24.8 Å². The van der Waals surface area contributed by atoms with Crippen molar-refractivity contribution in [3.8, 4) is 5.75 Å². The van der Waals surface area contributed by atoms with Crippen molar-refractivity contribution in [1.82, 2.24) is 26.6 Å². The number of aliphatic imine (C=N–C) groups is 1. The molecule has 0 aliphatic carbocycles. The number of carbonyl (C=O) groups excluding carboxylic acids is 5. The number of benzene rings is 1. The molecule has 0 saturated heterocycles. The number of carboxylic acid groups (broad SMARTS) is 1. The van der Waals surface area contributed by atoms with Crippen molar-refractivity contribution in [2.75, 3.05) is 31.9 Å². The molecule has 0 aliphatic rings. The lowest BCUT2D eigenvalue weighted by molar-refractivity contribution is -0.141. The Balaban J connectivity index is 2.91. The number of carboxylic acids is 1. The van der Waals surface area contributed by atoms with Gasteiger partial charge in [-0.25, -0.2) is 0 Å². The molecule has 0 heterocycles. The highest BCUT2D eigenvalue weighted by atomic mass is 32.1. The zero-order valence-electron chi connectivity index (χ0n) is 23.4. The Labute approximate surface area is 253 Å². The predicted octanol–water partition coefficient (Wildman–Crippen LogP) is -3.96. The summed E-state index contributed by atoms with van der Waals surface area (Å²) in [4.78, 5) is 78.0. The highest BCUT2D eigenvalue weighted by molar-refractivity contribution is 7.80. The molecular weight excluding hydrogens is 586 g/mol. The number of amides is 5. The number of hydrogen-bond donors (Lipinski definition) is 11. The van der Waals surface area contributed by atoms with Crippen LogP contribution in [0.4, 0.5) is 0 Å². The zero-order chi connectivity index (χ0) is 32.4. The summed E-state index contributed by atoms with van der Waals surface area (Å²) in [6.07, 6.45) is -0.415. The maximum atomic E-state index is 13.0. The van der Waals surface area contributed by atoms with E-state index >= 15 is 0 Å². The molecule has 17 nitrogen and oxygen atoms in total. The number of phenols is 1. The van der Waals surface area contributed by atoms with Crippen molar-refractivity contribution in [2.45, 2.75) is 43.8 Å². The summed E-state index contributed by atoms with van der Waals surface area (Å²) >= 11 is 4.04. The van der Waals surface area contributed by atoms with Gasteiger partial charge in [0.15, 0.2) is 5.96 Å². The number of nitrogens with one attached hydrogen (secondary N) is 5. The van der Waals surface area contributed by atoms with Crippen LogP contribution in [0, 0.1) is 0 Å². The third-order valence-corrected chi connectivity index (χ3v) is 5.88. The number of aromatic hydroxyl groups is 1. The number of rotatable bonds is 19. The molecule has 0 aromatic heterocycles. The van der Waals surface area contributed by atoms with Gasteiger partial charge in [0.2, 0.25) is 29.5 Å². The largest absolute Gasteiger partial charge is 0.508 e. The van der Waals surface area contributed by atoms with Crippen LogP contribution in [0.2, 0.25) is 0 Å². The Bertz CT molecular complexity index is 1150. The summed E-state index contributed by atoms with van der Waals surface area (Å²) in [5.74, 6) is -5.04. The van der Waals surface area contributed by atoms with E-state index in [0.717, 1.165) is 0 Å². The lowest BCUT2D eigenvalue weighted by Gasteiger charge is -2.23. The van der Waals surface area contributed by atoms with Crippen LogP contribution < -0.4 is 43.8 Å². The van der Waals surface area contributed by atoms with Gasteiger partial charge < -0.3 is 54.0 Å². The molecule has 3 atom stereocenters. The fourth-order valence-corrected chi connectivity index (χ4v) is 3.71. The maximum absolute atomic E-state index is 13.0. The molecule has 5 amide bonds. The van der Waals surface area contributed by atoms with E-state index in [-0.39, 0.29) is 44.2 Å². The second-order valence-electron chi connectivity index (χ2n) is 9.16. The molecule has 0 unspecified atom stereocenters. The molecule has 0 radical (unpaired) electrons. The lowest BCUT2D eigenvalue weighted by Crippen LogP contribution is -2.56. The van der Waals surface area contributed by atoms with E-state index < -0.39 is 66.6 Å². The molecule has 0 fully saturated rings. The summed E-state index contributed by atoms with van der Waals surface area (Å²) in [5, 5.41) is 30.8. The zero-order valence-corrected chi connectivity index (χ0v) is 24.3. The van der Waals surface area contributed by atoms with E-state index in [0.29, 0.717) is 17.7 Å². The van der Waals surface area contributed by atoms with E-state index in [4.69, 9.17) is 17.2 Å². The fraction of sp³-hybridized carbons (Fsp3) is 0.480. The number of phenolic OH excluding ortho intramolecular Hbond substituents is 1. The van der Waals surface area contributed by atoms with Crippen LogP contribution in [0.25, 0.3) is 0 Å². The number of nitrogens with zero attached hydrogens (tertiary/aromatic N) is 1. The van der Waals surface area contributed by atoms with Crippen LogP contribution >= 0.6 is 12.6 Å². The smallest absolute Gasteiger partial charge is 0.305 e. The highest BCUT2D eigenvalue weighted by Gasteiger charge is 2.29. The third kappa shape index (κ3) is 15.3. The van der Waals surface area contributed by atoms with Crippen molar-refractivity contribution in [3.63, 3.8) is 0 Å². The van der Waals surface area contributed by atoms with Gasteiger partial charge in [0, 0.05) is 25.3 Å². The average Bonchev–Trinajstić information content (AvgIpc) is 2.95. The van der Waals surface area contributed by atoms with Gasteiger partial charge in [0.1, 0.15) is 23.9 Å². The van der Waals surface area contributed by atoms with Gasteiger partial charge in [-0.05, 0) is 30.5 Å². The number of aliphatic carboxylic acids is 1. The van der Waals surface area contributed by atoms with Crippen LogP contribution in [0.5, 0.6) is 5.75 Å². The van der Waals surface area contributed by atoms with E-state index in [2.05, 4.69) is 44.2 Å². The van der Waals surface area contributed by atoms with Crippen LogP contribution in [0.15, 0.2) is 29.3 Å². The Morgan fingerprint density at radius 3 is 2.07 bits per heavy atom. The summed E-state index contributed by atoms with van der Waals surface area (Å²) in [6.45, 7) is -0.674. The second-order valence-corrected chi connectivity index (χ2v) is 9.60. The molecule has 1 rings (SSSR count). The molecule has 1 aromatic rings. The van der Waals surface area contributed by atoms with Crippen LogP contribution in [-0.2, 0) is 35.2 Å². The maximum Gasteiger partial charge on any atom is 0.305 e. The highest BCUT2D eigenvalue weighted by Crippen LogP contribution is 2.12. The van der Waals surface area contributed by atoms with E-state index in [1.54, 1.807) is 12.1 Å². The first kappa shape index (κ1) is 36.4. The summed E-state index contributed by atoms with van der Waals surface area (Å²) in [6, 6.07) is 2.06. The van der Waals surface area contributed by atoms with Gasteiger partial charge in [-0.15, -0.1) is 0 Å². The molecule has 0 aliphatic heterocycles. The number of hydrogen-bond acceptors (Lipinski definition) is 10. The number of thiol groups is 1. The topological polar surface area (TPSA) is 293 Å². The monoisotopic (exact) mass is 625 g/mol. The normalized spacial score (nSPS) is 12.5. The molecule has 238 valence electrons. The molecule has 0 saturated carbocycles. The SMILES string of the molecule is NCC(=O)N[C@@H](CCCN=C(N)N)C(=O)NCC(=O)N[C@@H](CC(=O)O)C(=O)N[C@@H](Cc1ccc(O)cc1)C(=O)NCCS. The minimum absolute atomic E-state index is 0.000730. The molecule has 13 N–H and O–H groups in total. The predicted molar refractivity (Wildman–Crippen MR) is 159 cm³/mol. The van der Waals surface area contributed by atoms with Crippen LogP contribution in [0.3, 0.4) is 0 Å².